The van der Waals surface area contributed by atoms with Crippen LogP contribution in [0.5, 0.6) is 0 Å². The first-order chi connectivity index (χ1) is 14.0. The van der Waals surface area contributed by atoms with Crippen molar-refractivity contribution in [2.45, 2.75) is 33.2 Å². The lowest BCUT2D eigenvalue weighted by Gasteiger charge is -2.20. The van der Waals surface area contributed by atoms with Gasteiger partial charge in [-0.1, -0.05) is 12.1 Å². The summed E-state index contributed by atoms with van der Waals surface area (Å²) in [6.07, 6.45) is 1.34. The molecule has 1 aliphatic heterocycles. The van der Waals surface area contributed by atoms with Crippen LogP contribution in [0.2, 0.25) is 0 Å². The summed E-state index contributed by atoms with van der Waals surface area (Å²) in [5.41, 5.74) is 3.31. The molecule has 1 fully saturated rings. The van der Waals surface area contributed by atoms with Crippen molar-refractivity contribution in [2.24, 2.45) is 0 Å². The van der Waals surface area contributed by atoms with Gasteiger partial charge in [-0.2, -0.15) is 0 Å². The number of carbonyl (C=O) groups is 2. The van der Waals surface area contributed by atoms with E-state index in [1.54, 1.807) is 40.7 Å². The van der Waals surface area contributed by atoms with Crippen LogP contribution in [0.25, 0.3) is 11.0 Å². The number of fused-ring (bicyclic) bond motifs is 1. The third-order valence-electron chi connectivity index (χ3n) is 5.20. The highest BCUT2D eigenvalue weighted by atomic mass is 16.2. The average Bonchev–Trinajstić information content (AvgIpc) is 3.14. The van der Waals surface area contributed by atoms with E-state index < -0.39 is 0 Å². The van der Waals surface area contributed by atoms with E-state index in [9.17, 15) is 14.4 Å². The normalized spacial score (nSPS) is 13.9. The molecule has 29 heavy (non-hydrogen) atoms. The first-order valence-corrected chi connectivity index (χ1v) is 9.71. The van der Waals surface area contributed by atoms with Crippen LogP contribution in [0.4, 0.5) is 11.4 Å². The fraction of sp³-hybridized carbons (Fsp3) is 0.273. The fourth-order valence-corrected chi connectivity index (χ4v) is 3.74. The van der Waals surface area contributed by atoms with Crippen molar-refractivity contribution in [3.63, 3.8) is 0 Å². The van der Waals surface area contributed by atoms with Crippen LogP contribution in [0.1, 0.15) is 35.8 Å². The number of aryl methyl sites for hydroxylation is 2. The molecule has 0 aliphatic carbocycles. The van der Waals surface area contributed by atoms with Gasteiger partial charge >= 0.3 is 0 Å². The second kappa shape index (κ2) is 7.50. The molecule has 0 spiro atoms. The third kappa shape index (κ3) is 3.40. The zero-order valence-electron chi connectivity index (χ0n) is 16.4. The molecule has 1 aliphatic rings. The second-order valence-corrected chi connectivity index (χ2v) is 7.07. The molecule has 0 unspecified atom stereocenters. The predicted octanol–water partition coefficient (Wildman–Crippen LogP) is 3.10. The zero-order valence-corrected chi connectivity index (χ0v) is 16.4. The number of benzene rings is 2. The van der Waals surface area contributed by atoms with Gasteiger partial charge in [0.15, 0.2) is 0 Å². The molecule has 0 bridgehead atoms. The maximum atomic E-state index is 12.9. The van der Waals surface area contributed by atoms with Crippen molar-refractivity contribution in [2.75, 3.05) is 16.8 Å². The van der Waals surface area contributed by atoms with Gasteiger partial charge in [0.2, 0.25) is 5.91 Å². The molecule has 2 aromatic carbocycles. The van der Waals surface area contributed by atoms with Crippen molar-refractivity contribution in [3.8, 4) is 0 Å². The number of nitrogens with zero attached hydrogens (tertiary/aromatic N) is 3. The average molecular weight is 390 g/mol. The number of hydrogen-bond donors (Lipinski definition) is 1. The van der Waals surface area contributed by atoms with E-state index in [0.717, 1.165) is 6.42 Å². The first kappa shape index (κ1) is 18.9. The van der Waals surface area contributed by atoms with Gasteiger partial charge in [-0.05, 0) is 50.6 Å². The number of carbonyl (C=O) groups excluding carboxylic acids is 2. The quantitative estimate of drug-likeness (QED) is 0.742. The van der Waals surface area contributed by atoms with Crippen LogP contribution in [0.15, 0.2) is 47.3 Å². The summed E-state index contributed by atoms with van der Waals surface area (Å²) in [5, 5.41) is 2.91. The Kier molecular flexibility index (Phi) is 4.88. The molecule has 1 saturated heterocycles. The highest BCUT2D eigenvalue weighted by molar-refractivity contribution is 6.09. The Morgan fingerprint density at radius 1 is 1.17 bits per heavy atom. The summed E-state index contributed by atoms with van der Waals surface area (Å²) in [6.45, 7) is 4.75. The molecule has 4 rings (SSSR count). The minimum absolute atomic E-state index is 0.0645. The molecule has 1 aromatic heterocycles. The van der Waals surface area contributed by atoms with Gasteiger partial charge in [0.1, 0.15) is 5.69 Å². The molecule has 0 saturated carbocycles. The summed E-state index contributed by atoms with van der Waals surface area (Å²) in [5.74, 6) is -0.227. The van der Waals surface area contributed by atoms with Gasteiger partial charge in [-0.3, -0.25) is 14.4 Å². The van der Waals surface area contributed by atoms with E-state index in [0.29, 0.717) is 53.2 Å². The van der Waals surface area contributed by atoms with E-state index in [2.05, 4.69) is 10.3 Å². The largest absolute Gasteiger partial charge is 0.320 e. The monoisotopic (exact) mass is 390 g/mol. The van der Waals surface area contributed by atoms with E-state index in [1.165, 1.54) is 0 Å². The standard InChI is InChI=1S/C22H22N4O3/c1-3-25-19-11-10-15(13-17(19)23-14(2)22(25)29)21(28)24-16-7-4-5-8-18(16)26-12-6-9-20(26)27/h4-5,7-8,10-11,13H,3,6,9,12H2,1-2H3,(H,24,28). The van der Waals surface area contributed by atoms with Crippen LogP contribution in [-0.4, -0.2) is 27.9 Å². The topological polar surface area (TPSA) is 84.3 Å². The highest BCUT2D eigenvalue weighted by Gasteiger charge is 2.24. The highest BCUT2D eigenvalue weighted by Crippen LogP contribution is 2.29. The van der Waals surface area contributed by atoms with Crippen molar-refractivity contribution in [1.29, 1.82) is 0 Å². The predicted molar refractivity (Wildman–Crippen MR) is 112 cm³/mol. The summed E-state index contributed by atoms with van der Waals surface area (Å²) in [7, 11) is 0. The SMILES string of the molecule is CCn1c(=O)c(C)nc2cc(C(=O)Nc3ccccc3N3CCCC3=O)ccc21. The number of hydrogen-bond acceptors (Lipinski definition) is 4. The lowest BCUT2D eigenvalue weighted by molar-refractivity contribution is -0.117. The second-order valence-electron chi connectivity index (χ2n) is 7.07. The lowest BCUT2D eigenvalue weighted by Crippen LogP contribution is -2.25. The summed E-state index contributed by atoms with van der Waals surface area (Å²) in [4.78, 5) is 43.3. The summed E-state index contributed by atoms with van der Waals surface area (Å²) in [6, 6.07) is 12.4. The molecule has 7 heteroatoms. The fourth-order valence-electron chi connectivity index (χ4n) is 3.74. The molecule has 0 radical (unpaired) electrons. The van der Waals surface area contributed by atoms with Crippen molar-refractivity contribution >= 4 is 34.2 Å². The molecule has 2 amide bonds. The van der Waals surface area contributed by atoms with Crippen molar-refractivity contribution in [3.05, 3.63) is 64.1 Å². The summed E-state index contributed by atoms with van der Waals surface area (Å²) >= 11 is 0. The van der Waals surface area contributed by atoms with Gasteiger partial charge in [0.05, 0.1) is 22.4 Å². The van der Waals surface area contributed by atoms with E-state index in [1.807, 2.05) is 25.1 Å². The maximum absolute atomic E-state index is 12.9. The minimum atomic E-state index is -0.292. The van der Waals surface area contributed by atoms with Crippen LogP contribution >= 0.6 is 0 Å². The van der Waals surface area contributed by atoms with Gasteiger partial charge in [-0.15, -0.1) is 0 Å². The number of rotatable bonds is 4. The summed E-state index contributed by atoms with van der Waals surface area (Å²) < 4.78 is 1.65. The van der Waals surface area contributed by atoms with Gasteiger partial charge < -0.3 is 14.8 Å². The number of aromatic nitrogens is 2. The van der Waals surface area contributed by atoms with E-state index in [4.69, 9.17) is 0 Å². The van der Waals surface area contributed by atoms with Gasteiger partial charge in [0, 0.05) is 25.1 Å². The molecule has 7 nitrogen and oxygen atoms in total. The number of amides is 2. The maximum Gasteiger partial charge on any atom is 0.272 e. The van der Waals surface area contributed by atoms with Gasteiger partial charge in [0.25, 0.3) is 11.5 Å². The first-order valence-electron chi connectivity index (χ1n) is 9.71. The Morgan fingerprint density at radius 2 is 1.97 bits per heavy atom. The van der Waals surface area contributed by atoms with Crippen molar-refractivity contribution < 1.29 is 9.59 Å². The Bertz CT molecular complexity index is 1180. The minimum Gasteiger partial charge on any atom is -0.320 e. The Labute approximate surface area is 168 Å². The Hall–Kier alpha value is -3.48. The van der Waals surface area contributed by atoms with E-state index >= 15 is 0 Å². The molecule has 1 N–H and O–H groups in total. The van der Waals surface area contributed by atoms with Crippen LogP contribution in [-0.2, 0) is 11.3 Å². The molecular formula is C22H22N4O3. The number of anilines is 2. The van der Waals surface area contributed by atoms with Crippen LogP contribution < -0.4 is 15.8 Å². The molecule has 2 heterocycles. The third-order valence-corrected chi connectivity index (χ3v) is 5.20. The van der Waals surface area contributed by atoms with Gasteiger partial charge in [-0.25, -0.2) is 4.98 Å². The Balaban J connectivity index is 1.68. The smallest absolute Gasteiger partial charge is 0.272 e. The molecular weight excluding hydrogens is 368 g/mol. The van der Waals surface area contributed by atoms with Crippen LogP contribution in [0, 0.1) is 6.92 Å². The van der Waals surface area contributed by atoms with E-state index in [-0.39, 0.29) is 17.4 Å². The molecule has 0 atom stereocenters. The molecule has 3 aromatic rings. The lowest BCUT2D eigenvalue weighted by atomic mass is 10.1. The molecule has 148 valence electrons. The Morgan fingerprint density at radius 3 is 2.69 bits per heavy atom. The van der Waals surface area contributed by atoms with Crippen LogP contribution in [0.3, 0.4) is 0 Å². The zero-order chi connectivity index (χ0) is 20.5. The number of para-hydroxylation sites is 2. The van der Waals surface area contributed by atoms with Crippen molar-refractivity contribution in [1.82, 2.24) is 9.55 Å². The number of nitrogens with one attached hydrogen (secondary N) is 1.